The molecule has 0 saturated carbocycles. The zero-order chi connectivity index (χ0) is 23.4. The smallest absolute Gasteiger partial charge is 0.251 e. The van der Waals surface area contributed by atoms with Gasteiger partial charge in [-0.15, -0.1) is 0 Å². The minimum atomic E-state index is -3.69. The number of amides is 1. The summed E-state index contributed by atoms with van der Waals surface area (Å²) >= 11 is 0. The van der Waals surface area contributed by atoms with Crippen molar-refractivity contribution in [1.29, 1.82) is 0 Å². The number of ether oxygens (including phenoxy) is 3. The van der Waals surface area contributed by atoms with Gasteiger partial charge in [-0.25, -0.2) is 8.42 Å². The van der Waals surface area contributed by atoms with Crippen LogP contribution < -0.4 is 14.8 Å². The molecule has 0 aromatic heterocycles. The first-order valence-corrected chi connectivity index (χ1v) is 12.7. The predicted octanol–water partition coefficient (Wildman–Crippen LogP) is 3.00. The van der Waals surface area contributed by atoms with E-state index in [1.54, 1.807) is 12.1 Å². The summed E-state index contributed by atoms with van der Waals surface area (Å²) in [5.74, 6) is 1.13. The van der Waals surface area contributed by atoms with E-state index in [0.29, 0.717) is 56.6 Å². The molecule has 0 spiro atoms. The molecular weight excluding hydrogens is 444 g/mol. The fourth-order valence-electron chi connectivity index (χ4n) is 3.97. The Morgan fingerprint density at radius 1 is 0.970 bits per heavy atom. The third-order valence-corrected chi connectivity index (χ3v) is 7.68. The van der Waals surface area contributed by atoms with Crippen LogP contribution in [0.15, 0.2) is 47.4 Å². The van der Waals surface area contributed by atoms with Crippen LogP contribution in [0.5, 0.6) is 11.5 Å². The number of morpholine rings is 1. The molecule has 2 heterocycles. The molecule has 1 amide bonds. The Kier molecular flexibility index (Phi) is 7.21. The molecule has 1 atom stereocenters. The number of hydrogen-bond acceptors (Lipinski definition) is 6. The average molecular weight is 475 g/mol. The Hall–Kier alpha value is -2.62. The molecule has 1 N–H and O–H groups in total. The normalized spacial score (nSPS) is 17.9. The molecule has 9 heteroatoms. The van der Waals surface area contributed by atoms with Crippen LogP contribution in [0.2, 0.25) is 0 Å². The Labute approximate surface area is 194 Å². The van der Waals surface area contributed by atoms with Gasteiger partial charge in [-0.05, 0) is 41.8 Å². The van der Waals surface area contributed by atoms with Crippen LogP contribution in [0.1, 0.15) is 42.2 Å². The maximum Gasteiger partial charge on any atom is 0.251 e. The Bertz CT molecular complexity index is 1100. The number of hydrogen-bond donors (Lipinski definition) is 1. The van der Waals surface area contributed by atoms with Crippen molar-refractivity contribution in [3.05, 3.63) is 53.6 Å². The highest BCUT2D eigenvalue weighted by Crippen LogP contribution is 2.34. The summed E-state index contributed by atoms with van der Waals surface area (Å²) in [6.07, 6.45) is 0.818. The van der Waals surface area contributed by atoms with Crippen molar-refractivity contribution >= 4 is 15.9 Å². The second-order valence-corrected chi connectivity index (χ2v) is 10.4. The molecule has 2 aliphatic heterocycles. The summed E-state index contributed by atoms with van der Waals surface area (Å²) in [7, 11) is -3.69. The minimum absolute atomic E-state index is 0.0963. The van der Waals surface area contributed by atoms with Crippen LogP contribution in [-0.4, -0.2) is 58.1 Å². The average Bonchev–Trinajstić information content (AvgIpc) is 3.07. The van der Waals surface area contributed by atoms with Gasteiger partial charge in [0.15, 0.2) is 11.5 Å². The van der Waals surface area contributed by atoms with Crippen LogP contribution in [0, 0.1) is 5.92 Å². The van der Waals surface area contributed by atoms with Crippen molar-refractivity contribution in [3.8, 4) is 11.5 Å². The van der Waals surface area contributed by atoms with E-state index >= 15 is 0 Å². The van der Waals surface area contributed by atoms with E-state index in [0.717, 1.165) is 12.0 Å². The fourth-order valence-corrected chi connectivity index (χ4v) is 5.42. The molecule has 1 fully saturated rings. The predicted molar refractivity (Wildman–Crippen MR) is 123 cm³/mol. The van der Waals surface area contributed by atoms with Gasteiger partial charge < -0.3 is 19.5 Å². The number of sulfonamides is 1. The van der Waals surface area contributed by atoms with E-state index in [4.69, 9.17) is 14.2 Å². The number of carbonyl (C=O) groups excluding carboxylic acids is 1. The minimum Gasteiger partial charge on any atom is -0.490 e. The van der Waals surface area contributed by atoms with Gasteiger partial charge in [-0.3, -0.25) is 4.79 Å². The van der Waals surface area contributed by atoms with E-state index in [1.807, 2.05) is 32.0 Å². The van der Waals surface area contributed by atoms with Gasteiger partial charge in [0, 0.05) is 25.1 Å². The lowest BCUT2D eigenvalue weighted by Crippen LogP contribution is -2.40. The molecule has 0 bridgehead atoms. The quantitative estimate of drug-likeness (QED) is 0.692. The van der Waals surface area contributed by atoms with Crippen LogP contribution in [0.4, 0.5) is 0 Å². The van der Waals surface area contributed by atoms with Crippen LogP contribution in [0.3, 0.4) is 0 Å². The van der Waals surface area contributed by atoms with Crippen molar-refractivity contribution < 1.29 is 27.4 Å². The molecule has 0 radical (unpaired) electrons. The molecule has 2 aromatic carbocycles. The molecule has 8 nitrogen and oxygen atoms in total. The highest BCUT2D eigenvalue weighted by molar-refractivity contribution is 7.89. The highest BCUT2D eigenvalue weighted by atomic mass is 32.2. The molecule has 4 rings (SSSR count). The molecule has 0 unspecified atom stereocenters. The zero-order valence-electron chi connectivity index (χ0n) is 19.0. The molecule has 0 aliphatic carbocycles. The van der Waals surface area contributed by atoms with Crippen molar-refractivity contribution in [2.75, 3.05) is 39.5 Å². The van der Waals surface area contributed by atoms with E-state index in [-0.39, 0.29) is 22.8 Å². The third kappa shape index (κ3) is 5.31. The fraction of sp³-hybridized carbons (Fsp3) is 0.458. The van der Waals surface area contributed by atoms with Gasteiger partial charge >= 0.3 is 0 Å². The summed E-state index contributed by atoms with van der Waals surface area (Å²) in [4.78, 5) is 13.2. The maximum absolute atomic E-state index is 13.1. The molecular formula is C24H30N2O6S. The van der Waals surface area contributed by atoms with Gasteiger partial charge in [0.2, 0.25) is 10.0 Å². The summed E-state index contributed by atoms with van der Waals surface area (Å²) in [6.45, 7) is 6.58. The SMILES string of the molecule is CC(C)[C@H](NC(=O)c1cccc(S(=O)(=O)N2CCOCC2)c1)c1ccc2c(c1)OCCCO2. The number of carbonyl (C=O) groups is 1. The van der Waals surface area contributed by atoms with Crippen LogP contribution >= 0.6 is 0 Å². The zero-order valence-corrected chi connectivity index (χ0v) is 19.8. The van der Waals surface area contributed by atoms with Crippen molar-refractivity contribution in [1.82, 2.24) is 9.62 Å². The molecule has 1 saturated heterocycles. The number of rotatable bonds is 6. The lowest BCUT2D eigenvalue weighted by Gasteiger charge is -2.26. The Morgan fingerprint density at radius 2 is 1.70 bits per heavy atom. The van der Waals surface area contributed by atoms with Crippen molar-refractivity contribution in [3.63, 3.8) is 0 Å². The molecule has 2 aromatic rings. The number of benzene rings is 2. The summed E-state index contributed by atoms with van der Waals surface area (Å²) < 4.78 is 44.1. The summed E-state index contributed by atoms with van der Waals surface area (Å²) in [6, 6.07) is 11.6. The van der Waals surface area contributed by atoms with Crippen LogP contribution in [-0.2, 0) is 14.8 Å². The first-order valence-electron chi connectivity index (χ1n) is 11.2. The summed E-state index contributed by atoms with van der Waals surface area (Å²) in [5, 5.41) is 3.07. The highest BCUT2D eigenvalue weighted by Gasteiger charge is 2.27. The third-order valence-electron chi connectivity index (χ3n) is 5.79. The Morgan fingerprint density at radius 3 is 2.42 bits per heavy atom. The molecule has 178 valence electrons. The lowest BCUT2D eigenvalue weighted by molar-refractivity contribution is 0.0730. The van der Waals surface area contributed by atoms with Crippen molar-refractivity contribution in [2.45, 2.75) is 31.2 Å². The number of nitrogens with zero attached hydrogens (tertiary/aromatic N) is 1. The lowest BCUT2D eigenvalue weighted by atomic mass is 9.95. The second kappa shape index (κ2) is 10.1. The maximum atomic E-state index is 13.1. The topological polar surface area (TPSA) is 94.2 Å². The van der Waals surface area contributed by atoms with Gasteiger partial charge in [0.1, 0.15) is 0 Å². The van der Waals surface area contributed by atoms with Gasteiger partial charge in [0.25, 0.3) is 5.91 Å². The monoisotopic (exact) mass is 474 g/mol. The molecule has 2 aliphatic rings. The van der Waals surface area contributed by atoms with E-state index in [1.165, 1.54) is 16.4 Å². The van der Waals surface area contributed by atoms with Crippen molar-refractivity contribution in [2.24, 2.45) is 5.92 Å². The van der Waals surface area contributed by atoms with E-state index in [9.17, 15) is 13.2 Å². The van der Waals surface area contributed by atoms with E-state index in [2.05, 4.69) is 5.32 Å². The van der Waals surface area contributed by atoms with E-state index < -0.39 is 10.0 Å². The van der Waals surface area contributed by atoms with Gasteiger partial charge in [-0.2, -0.15) is 4.31 Å². The number of nitrogens with one attached hydrogen (secondary N) is 1. The van der Waals surface area contributed by atoms with Gasteiger partial charge in [0.05, 0.1) is 37.4 Å². The summed E-state index contributed by atoms with van der Waals surface area (Å²) in [5.41, 5.74) is 1.20. The van der Waals surface area contributed by atoms with Crippen LogP contribution in [0.25, 0.3) is 0 Å². The standard InChI is InChI=1S/C24H30N2O6S/c1-17(2)23(18-7-8-21-22(16-18)32-12-4-11-31-21)25-24(27)19-5-3-6-20(15-19)33(28,29)26-9-13-30-14-10-26/h3,5-8,15-17,23H,4,9-14H2,1-2H3,(H,25,27)/t23-/m0/s1. The second-order valence-electron chi connectivity index (χ2n) is 8.50. The first kappa shape index (κ1) is 23.5. The largest absolute Gasteiger partial charge is 0.490 e. The Balaban J connectivity index is 1.55. The number of fused-ring (bicyclic) bond motifs is 1. The first-order chi connectivity index (χ1) is 15.9. The molecule has 33 heavy (non-hydrogen) atoms. The van der Waals surface area contributed by atoms with Gasteiger partial charge in [-0.1, -0.05) is 26.0 Å².